The van der Waals surface area contributed by atoms with E-state index in [0.29, 0.717) is 105 Å². The normalized spacial score (nSPS) is 12.8. The van der Waals surface area contributed by atoms with Crippen LogP contribution in [0.25, 0.3) is 11.0 Å². The van der Waals surface area contributed by atoms with Crippen LogP contribution in [0.1, 0.15) is 67.6 Å². The smallest absolute Gasteiger partial charge is 0.325 e. The van der Waals surface area contributed by atoms with Crippen LogP contribution in [0.3, 0.4) is 0 Å². The van der Waals surface area contributed by atoms with Crippen LogP contribution in [0.2, 0.25) is 0 Å². The van der Waals surface area contributed by atoms with E-state index in [9.17, 15) is 14.4 Å². The SMILES string of the molecule is C=C/C=C(\C=C)CNC(=O)C(c1cccc2nsnc12)N(C(=O)CCc1ccc(OCCCCN(C)CCOCCOCCc2cn(CCOCCOc3ccc(NC(=O)Nc4nc(CC)cs4)cc3)nn2)cc1)C1CC1. The van der Waals surface area contributed by atoms with Crippen LogP contribution in [-0.4, -0.2) is 142 Å². The number of benzene rings is 3. The molecule has 1 aliphatic carbocycles. The van der Waals surface area contributed by atoms with Gasteiger partial charge in [0.2, 0.25) is 11.8 Å². The first-order valence-electron chi connectivity index (χ1n) is 26.2. The summed E-state index contributed by atoms with van der Waals surface area (Å²) in [6, 6.07) is 19.5. The number of unbranched alkanes of at least 4 members (excludes halogenated alkanes) is 1. The Morgan fingerprint density at radius 3 is 2.34 bits per heavy atom. The quantitative estimate of drug-likeness (QED) is 0.0249. The molecule has 1 unspecified atom stereocenters. The number of allylic oxidation sites excluding steroid dienone is 2. The Balaban J connectivity index is 0.684. The zero-order chi connectivity index (χ0) is 54.0. The molecule has 3 aromatic heterocycles. The number of carbonyl (C=O) groups is 3. The van der Waals surface area contributed by atoms with Crippen molar-refractivity contribution >= 4 is 62.8 Å². The molecule has 0 saturated heterocycles. The maximum atomic E-state index is 14.1. The largest absolute Gasteiger partial charge is 0.494 e. The van der Waals surface area contributed by atoms with Gasteiger partial charge in [-0.05, 0) is 106 Å². The molecule has 1 aliphatic rings. The molecule has 1 fully saturated rings. The van der Waals surface area contributed by atoms with Crippen LogP contribution >= 0.6 is 23.1 Å². The number of ether oxygens (including phenoxy) is 5. The van der Waals surface area contributed by atoms with Gasteiger partial charge < -0.3 is 44.1 Å². The van der Waals surface area contributed by atoms with Crippen molar-refractivity contribution in [3.05, 3.63) is 138 Å². The molecular formula is C56H71N11O8S2. The van der Waals surface area contributed by atoms with E-state index in [4.69, 9.17) is 23.7 Å². The lowest BCUT2D eigenvalue weighted by molar-refractivity contribution is -0.141. The summed E-state index contributed by atoms with van der Waals surface area (Å²) in [5.41, 5.74) is 6.29. The number of aryl methyl sites for hydroxylation is 2. The highest BCUT2D eigenvalue weighted by Gasteiger charge is 2.42. The maximum Gasteiger partial charge on any atom is 0.325 e. The molecule has 7 rings (SSSR count). The van der Waals surface area contributed by atoms with Crippen molar-refractivity contribution in [3.63, 3.8) is 0 Å². The average Bonchev–Trinajstić information content (AvgIpc) is 3.72. The molecule has 77 heavy (non-hydrogen) atoms. The lowest BCUT2D eigenvalue weighted by atomic mass is 10.0. The summed E-state index contributed by atoms with van der Waals surface area (Å²) in [5, 5.41) is 19.5. The van der Waals surface area contributed by atoms with Crippen LogP contribution < -0.4 is 25.4 Å². The predicted molar refractivity (Wildman–Crippen MR) is 301 cm³/mol. The maximum absolute atomic E-state index is 14.1. The number of anilines is 2. The van der Waals surface area contributed by atoms with Crippen molar-refractivity contribution in [3.8, 4) is 11.5 Å². The highest BCUT2D eigenvalue weighted by Crippen LogP contribution is 2.38. The number of nitrogens with zero attached hydrogens (tertiary/aromatic N) is 8. The molecule has 3 aromatic carbocycles. The molecule has 4 amide bonds. The minimum Gasteiger partial charge on any atom is -0.494 e. The van der Waals surface area contributed by atoms with Gasteiger partial charge in [-0.3, -0.25) is 14.9 Å². The van der Waals surface area contributed by atoms with Crippen LogP contribution in [-0.2, 0) is 49.6 Å². The molecule has 3 heterocycles. The van der Waals surface area contributed by atoms with Crippen molar-refractivity contribution in [2.45, 2.75) is 76.9 Å². The summed E-state index contributed by atoms with van der Waals surface area (Å²) in [5.74, 6) is 1.12. The zero-order valence-electron chi connectivity index (χ0n) is 44.1. The van der Waals surface area contributed by atoms with Gasteiger partial charge in [0.15, 0.2) is 5.13 Å². The van der Waals surface area contributed by atoms with E-state index in [1.54, 1.807) is 52.1 Å². The van der Waals surface area contributed by atoms with Crippen molar-refractivity contribution in [1.29, 1.82) is 0 Å². The molecule has 410 valence electrons. The van der Waals surface area contributed by atoms with Crippen molar-refractivity contribution < 1.29 is 38.1 Å². The molecule has 1 saturated carbocycles. The zero-order valence-corrected chi connectivity index (χ0v) is 45.7. The predicted octanol–water partition coefficient (Wildman–Crippen LogP) is 8.49. The van der Waals surface area contributed by atoms with Crippen LogP contribution in [0.5, 0.6) is 11.5 Å². The molecule has 1 atom stereocenters. The monoisotopic (exact) mass is 1090 g/mol. The molecular weight excluding hydrogens is 1020 g/mol. The van der Waals surface area contributed by atoms with Crippen LogP contribution in [0.15, 0.2) is 115 Å². The van der Waals surface area contributed by atoms with Crippen molar-refractivity contribution in [2.24, 2.45) is 0 Å². The molecule has 3 N–H and O–H groups in total. The summed E-state index contributed by atoms with van der Waals surface area (Å²) < 4.78 is 39.8. The Morgan fingerprint density at radius 1 is 0.831 bits per heavy atom. The number of fused-ring (bicyclic) bond motifs is 1. The number of rotatable bonds is 36. The standard InChI is InChI=1S/C56H71N11O8S2/c1-5-11-41(6-2)38-57-54(69)53(49-12-10-13-50-52(49)63-77-62-50)67(46-19-20-46)51(68)25-16-42-14-21-47(22-15-42)74-30-9-8-27-65(4)28-32-72-35-34-71-31-26-45-39-66(64-61-45)29-33-73-36-37-75-48-23-17-44(18-24-48)58-55(70)60-56-59-43(7-3)40-76-56/h5-6,10-15,17-18,21-24,39-40,46,53H,1-2,7-9,16,19-20,25-38H2,3-4H3,(H,57,69)(H2,58,59,60,70)/b41-11+. The number of hydrogen-bond acceptors (Lipinski definition) is 16. The average molecular weight is 1090 g/mol. The van der Waals surface area contributed by atoms with E-state index in [2.05, 4.69) is 65.1 Å². The van der Waals surface area contributed by atoms with Gasteiger partial charge in [-0.15, -0.1) is 16.4 Å². The molecule has 0 radical (unpaired) electrons. The van der Waals surface area contributed by atoms with Crippen molar-refractivity contribution in [1.82, 2.24) is 43.8 Å². The summed E-state index contributed by atoms with van der Waals surface area (Å²) in [6.07, 6.45) is 12.9. The minimum absolute atomic E-state index is 0.0211. The van der Waals surface area contributed by atoms with Crippen molar-refractivity contribution in [2.75, 3.05) is 90.2 Å². The fraction of sp³-hybridized carbons (Fsp3) is 0.429. The second kappa shape index (κ2) is 31.4. The first kappa shape index (κ1) is 57.8. The minimum atomic E-state index is -0.845. The Bertz CT molecular complexity index is 2810. The van der Waals surface area contributed by atoms with E-state index >= 15 is 0 Å². The summed E-state index contributed by atoms with van der Waals surface area (Å²) in [4.78, 5) is 48.7. The first-order chi connectivity index (χ1) is 37.7. The van der Waals surface area contributed by atoms with Crippen LogP contribution in [0.4, 0.5) is 15.6 Å². The summed E-state index contributed by atoms with van der Waals surface area (Å²) in [7, 11) is 2.09. The molecule has 0 spiro atoms. The number of amides is 4. The van der Waals surface area contributed by atoms with Gasteiger partial charge in [0.25, 0.3) is 0 Å². The number of aromatic nitrogens is 6. The Hall–Kier alpha value is -6.88. The van der Waals surface area contributed by atoms with Gasteiger partial charge >= 0.3 is 6.03 Å². The Labute approximate surface area is 459 Å². The fourth-order valence-corrected chi connectivity index (χ4v) is 9.46. The first-order valence-corrected chi connectivity index (χ1v) is 27.8. The summed E-state index contributed by atoms with van der Waals surface area (Å²) in [6.45, 7) is 16.3. The Morgan fingerprint density at radius 2 is 1.58 bits per heavy atom. The molecule has 6 aromatic rings. The van der Waals surface area contributed by atoms with E-state index in [1.807, 2.05) is 61.0 Å². The van der Waals surface area contributed by atoms with E-state index in [1.165, 1.54) is 11.3 Å². The lowest BCUT2D eigenvalue weighted by Gasteiger charge is -2.32. The molecule has 0 bridgehead atoms. The number of hydrogen-bond donors (Lipinski definition) is 3. The second-order valence-corrected chi connectivity index (χ2v) is 19.7. The van der Waals surface area contributed by atoms with Gasteiger partial charge in [-0.25, -0.2) is 14.5 Å². The van der Waals surface area contributed by atoms with Crippen LogP contribution in [0, 0.1) is 0 Å². The fourth-order valence-electron chi connectivity index (χ4n) is 8.11. The van der Waals surface area contributed by atoms with E-state index in [-0.39, 0.29) is 36.9 Å². The molecule has 21 heteroatoms. The third-order valence-corrected chi connectivity index (χ3v) is 13.8. The third kappa shape index (κ3) is 19.3. The van der Waals surface area contributed by atoms with Gasteiger partial charge in [-0.1, -0.05) is 67.8 Å². The topological polar surface area (TPSA) is 209 Å². The number of likely N-dealkylation sites (N-methyl/N-ethyl adjacent to an activating group) is 1. The Kier molecular flexibility index (Phi) is 23.6. The van der Waals surface area contributed by atoms with E-state index < -0.39 is 6.04 Å². The number of nitrogens with one attached hydrogen (secondary N) is 3. The van der Waals surface area contributed by atoms with E-state index in [0.717, 1.165) is 85.2 Å². The van der Waals surface area contributed by atoms with Gasteiger partial charge in [-0.2, -0.15) is 8.75 Å². The third-order valence-electron chi connectivity index (χ3n) is 12.5. The lowest BCUT2D eigenvalue weighted by Crippen LogP contribution is -2.45. The molecule has 0 aliphatic heterocycles. The van der Waals surface area contributed by atoms with Gasteiger partial charge in [0, 0.05) is 54.8 Å². The number of thiazole rings is 1. The number of urea groups is 1. The number of carbonyl (C=O) groups excluding carboxylic acids is 3. The van der Waals surface area contributed by atoms with Gasteiger partial charge in [0.1, 0.15) is 35.2 Å². The van der Waals surface area contributed by atoms with Gasteiger partial charge in [0.05, 0.1) is 75.9 Å². The second-order valence-electron chi connectivity index (χ2n) is 18.3. The molecule has 19 nitrogen and oxygen atoms in total. The summed E-state index contributed by atoms with van der Waals surface area (Å²) >= 11 is 2.49. The highest BCUT2D eigenvalue weighted by atomic mass is 32.1. The highest BCUT2D eigenvalue weighted by molar-refractivity contribution is 7.14.